The van der Waals surface area contributed by atoms with Gasteiger partial charge in [-0.2, -0.15) is 13.2 Å². The number of benzene rings is 2. The van der Waals surface area contributed by atoms with Crippen LogP contribution < -0.4 is 5.32 Å². The highest BCUT2D eigenvalue weighted by atomic mass is 35.5. The Bertz CT molecular complexity index is 924. The van der Waals surface area contributed by atoms with Crippen LogP contribution in [0.3, 0.4) is 0 Å². The van der Waals surface area contributed by atoms with Gasteiger partial charge < -0.3 is 15.8 Å². The normalized spacial score (nSPS) is 13.1. The molecule has 0 saturated carbocycles. The highest BCUT2D eigenvalue weighted by Crippen LogP contribution is 2.27. The number of halogens is 4. The lowest BCUT2D eigenvalue weighted by atomic mass is 10.0. The molecule has 1 atom stereocenters. The molecule has 0 aliphatic carbocycles. The van der Waals surface area contributed by atoms with Crippen LogP contribution in [0.4, 0.5) is 18.9 Å². The van der Waals surface area contributed by atoms with Gasteiger partial charge in [-0.1, -0.05) is 42.8 Å². The first-order valence-electron chi connectivity index (χ1n) is 9.14. The summed E-state index contributed by atoms with van der Waals surface area (Å²) in [7, 11) is 0. The first-order chi connectivity index (χ1) is 14.2. The molecule has 0 aromatic heterocycles. The molecule has 5 nitrogen and oxygen atoms in total. The van der Waals surface area contributed by atoms with E-state index in [0.29, 0.717) is 12.0 Å². The summed E-state index contributed by atoms with van der Waals surface area (Å²) >= 11 is 6.07. The number of aliphatic hydroxyl groups excluding tert-OH is 1. The van der Waals surface area contributed by atoms with E-state index < -0.39 is 24.2 Å². The smallest absolute Gasteiger partial charge is 0.394 e. The third-order valence-electron chi connectivity index (χ3n) is 4.32. The van der Waals surface area contributed by atoms with Crippen molar-refractivity contribution >= 4 is 34.6 Å². The lowest BCUT2D eigenvalue weighted by Gasteiger charge is -2.15. The van der Waals surface area contributed by atoms with Gasteiger partial charge in [-0.25, -0.2) is 0 Å². The topological polar surface area (TPSA) is 85.5 Å². The van der Waals surface area contributed by atoms with Crippen molar-refractivity contribution in [1.82, 2.24) is 5.32 Å². The zero-order valence-corrected chi connectivity index (χ0v) is 16.9. The summed E-state index contributed by atoms with van der Waals surface area (Å²) in [4.78, 5) is 16.5. The standard InChI is InChI=1S/C21H21ClF3N3O2/c1-2-15(12-29)27-20(30)14-9-7-13(8-10-14)18(11-19(26)21(23,24)25)28-17-6-4-3-5-16(17)22/h3-10,15,26,29H,2,11-12H2,1H3,(H,27,30). The molecule has 0 saturated heterocycles. The molecule has 0 bridgehead atoms. The molecular weight excluding hydrogens is 419 g/mol. The van der Waals surface area contributed by atoms with Crippen molar-refractivity contribution in [2.45, 2.75) is 32.0 Å². The number of hydrogen-bond donors (Lipinski definition) is 3. The van der Waals surface area contributed by atoms with Crippen LogP contribution >= 0.6 is 11.6 Å². The average Bonchev–Trinajstić information content (AvgIpc) is 2.72. The minimum atomic E-state index is -4.78. The van der Waals surface area contributed by atoms with Gasteiger partial charge >= 0.3 is 6.18 Å². The first-order valence-corrected chi connectivity index (χ1v) is 9.52. The van der Waals surface area contributed by atoms with Crippen molar-refractivity contribution in [2.75, 3.05) is 6.61 Å². The van der Waals surface area contributed by atoms with Gasteiger partial charge in [-0.05, 0) is 36.2 Å². The van der Waals surface area contributed by atoms with Crippen LogP contribution in [0.1, 0.15) is 35.7 Å². The maximum absolute atomic E-state index is 12.9. The minimum Gasteiger partial charge on any atom is -0.394 e. The molecule has 30 heavy (non-hydrogen) atoms. The minimum absolute atomic E-state index is 0.000763. The van der Waals surface area contributed by atoms with E-state index in [1.807, 2.05) is 6.92 Å². The molecule has 9 heteroatoms. The van der Waals surface area contributed by atoms with E-state index in [4.69, 9.17) is 17.0 Å². The Balaban J connectivity index is 2.35. The van der Waals surface area contributed by atoms with Crippen LogP contribution in [0.15, 0.2) is 53.5 Å². The Morgan fingerprint density at radius 1 is 1.17 bits per heavy atom. The number of para-hydroxylation sites is 1. The lowest BCUT2D eigenvalue weighted by Crippen LogP contribution is -2.36. The second-order valence-corrected chi connectivity index (χ2v) is 6.91. The van der Waals surface area contributed by atoms with Crippen molar-refractivity contribution < 1.29 is 23.1 Å². The number of carbonyl (C=O) groups excluding carboxylic acids is 1. The monoisotopic (exact) mass is 439 g/mol. The number of aliphatic hydroxyl groups is 1. The fourth-order valence-corrected chi connectivity index (χ4v) is 2.70. The van der Waals surface area contributed by atoms with E-state index in [0.717, 1.165) is 0 Å². The summed E-state index contributed by atoms with van der Waals surface area (Å²) in [5.74, 6) is -0.407. The number of nitrogens with one attached hydrogen (secondary N) is 2. The number of alkyl halides is 3. The predicted octanol–water partition coefficient (Wildman–Crippen LogP) is 4.93. The highest BCUT2D eigenvalue weighted by Gasteiger charge is 2.35. The largest absolute Gasteiger partial charge is 0.429 e. The number of rotatable bonds is 8. The van der Waals surface area contributed by atoms with E-state index in [-0.39, 0.29) is 34.6 Å². The maximum Gasteiger partial charge on any atom is 0.429 e. The fourth-order valence-electron chi connectivity index (χ4n) is 2.52. The molecule has 2 rings (SSSR count). The Kier molecular flexibility index (Phi) is 8.14. The van der Waals surface area contributed by atoms with Gasteiger partial charge in [0.2, 0.25) is 0 Å². The maximum atomic E-state index is 12.9. The number of aliphatic imine (C=N–C) groups is 1. The average molecular weight is 440 g/mol. The molecule has 0 aliphatic rings. The van der Waals surface area contributed by atoms with Gasteiger partial charge in [0.25, 0.3) is 5.91 Å². The summed E-state index contributed by atoms with van der Waals surface area (Å²) in [6.45, 7) is 1.62. The molecule has 2 aromatic carbocycles. The van der Waals surface area contributed by atoms with Crippen molar-refractivity contribution in [3.05, 3.63) is 64.7 Å². The van der Waals surface area contributed by atoms with E-state index in [1.54, 1.807) is 24.3 Å². The third kappa shape index (κ3) is 6.40. The lowest BCUT2D eigenvalue weighted by molar-refractivity contribution is -0.0605. The van der Waals surface area contributed by atoms with Crippen LogP contribution in [0.25, 0.3) is 0 Å². The Morgan fingerprint density at radius 2 is 1.77 bits per heavy atom. The fraction of sp³-hybridized carbons (Fsp3) is 0.286. The van der Waals surface area contributed by atoms with Crippen molar-refractivity contribution in [3.8, 4) is 0 Å². The SMILES string of the molecule is CCC(CO)NC(=O)c1ccc(C(CC(=N)C(F)(F)F)=Nc2ccccc2Cl)cc1. The summed E-state index contributed by atoms with van der Waals surface area (Å²) in [5, 5.41) is 19.5. The zero-order valence-electron chi connectivity index (χ0n) is 16.1. The molecule has 0 aliphatic heterocycles. The van der Waals surface area contributed by atoms with Gasteiger partial charge in [-0.15, -0.1) is 0 Å². The van der Waals surface area contributed by atoms with Crippen LogP contribution in [0.5, 0.6) is 0 Å². The number of nitrogens with zero attached hydrogens (tertiary/aromatic N) is 1. The summed E-state index contributed by atoms with van der Waals surface area (Å²) < 4.78 is 38.8. The van der Waals surface area contributed by atoms with Crippen molar-refractivity contribution in [3.63, 3.8) is 0 Å². The van der Waals surface area contributed by atoms with E-state index >= 15 is 0 Å². The Hall–Kier alpha value is -2.71. The second-order valence-electron chi connectivity index (χ2n) is 6.50. The van der Waals surface area contributed by atoms with Crippen LogP contribution in [0, 0.1) is 5.41 Å². The molecule has 3 N–H and O–H groups in total. The highest BCUT2D eigenvalue weighted by molar-refractivity contribution is 6.33. The molecule has 2 aromatic rings. The molecule has 0 heterocycles. The van der Waals surface area contributed by atoms with E-state index in [9.17, 15) is 23.1 Å². The molecular formula is C21H21ClF3N3O2. The molecule has 0 spiro atoms. The van der Waals surface area contributed by atoms with Gasteiger partial charge in [0.1, 0.15) is 5.71 Å². The Labute approximate surface area is 177 Å². The first kappa shape index (κ1) is 23.6. The van der Waals surface area contributed by atoms with Crippen LogP contribution in [-0.2, 0) is 0 Å². The van der Waals surface area contributed by atoms with Crippen LogP contribution in [0.2, 0.25) is 5.02 Å². The van der Waals surface area contributed by atoms with Crippen molar-refractivity contribution in [2.24, 2.45) is 4.99 Å². The van der Waals surface area contributed by atoms with Gasteiger partial charge in [0.15, 0.2) is 0 Å². The van der Waals surface area contributed by atoms with Gasteiger partial charge in [0.05, 0.1) is 29.1 Å². The third-order valence-corrected chi connectivity index (χ3v) is 4.64. The second kappa shape index (κ2) is 10.4. The summed E-state index contributed by atoms with van der Waals surface area (Å²) in [5.41, 5.74) is -0.550. The molecule has 0 radical (unpaired) electrons. The Morgan fingerprint density at radius 3 is 2.30 bits per heavy atom. The molecule has 0 fully saturated rings. The van der Waals surface area contributed by atoms with E-state index in [2.05, 4.69) is 10.3 Å². The van der Waals surface area contributed by atoms with E-state index in [1.165, 1.54) is 24.3 Å². The zero-order chi connectivity index (χ0) is 22.3. The summed E-state index contributed by atoms with van der Waals surface area (Å²) in [6.07, 6.45) is -4.97. The summed E-state index contributed by atoms with van der Waals surface area (Å²) in [6, 6.07) is 11.9. The molecule has 1 unspecified atom stereocenters. The number of amides is 1. The molecule has 1 amide bonds. The van der Waals surface area contributed by atoms with Crippen LogP contribution in [-0.4, -0.2) is 41.3 Å². The van der Waals surface area contributed by atoms with Gasteiger partial charge in [0, 0.05) is 12.0 Å². The quantitative estimate of drug-likeness (QED) is 0.509. The van der Waals surface area contributed by atoms with Crippen molar-refractivity contribution in [1.29, 1.82) is 5.41 Å². The number of hydrogen-bond acceptors (Lipinski definition) is 4. The molecule has 160 valence electrons. The van der Waals surface area contributed by atoms with Gasteiger partial charge in [-0.3, -0.25) is 9.79 Å². The number of carbonyl (C=O) groups is 1. The predicted molar refractivity (Wildman–Crippen MR) is 111 cm³/mol.